The Labute approximate surface area is 151 Å². The molecule has 7 heteroatoms. The first kappa shape index (κ1) is 15.3. The van der Waals surface area contributed by atoms with Crippen LogP contribution in [0.2, 0.25) is 0 Å². The summed E-state index contributed by atoms with van der Waals surface area (Å²) in [7, 11) is 0. The standard InChI is InChI=1S/C19H20N6O/c26-17-6-3-8-24(17)9-7-13-11-25(16-5-2-1-4-14(13)16)19-15-10-22-23-18(15)20-12-21-19/h1-2,4-5,10,12-13H,3,6-9,11H2,(H,20,21,22,23)/t13-/m1/s1. The summed E-state index contributed by atoms with van der Waals surface area (Å²) in [5.74, 6) is 1.57. The van der Waals surface area contributed by atoms with Crippen molar-refractivity contribution < 1.29 is 4.79 Å². The molecule has 0 spiro atoms. The zero-order chi connectivity index (χ0) is 17.5. The Hall–Kier alpha value is -2.96. The number of nitrogens with one attached hydrogen (secondary N) is 1. The molecule has 4 heterocycles. The van der Waals surface area contributed by atoms with Gasteiger partial charge in [-0.25, -0.2) is 9.97 Å². The van der Waals surface area contributed by atoms with Crippen LogP contribution in [0.1, 0.15) is 30.7 Å². The molecule has 1 atom stereocenters. The number of rotatable bonds is 4. The molecule has 132 valence electrons. The van der Waals surface area contributed by atoms with Crippen LogP contribution in [0.25, 0.3) is 11.0 Å². The highest BCUT2D eigenvalue weighted by Crippen LogP contribution is 2.43. The summed E-state index contributed by atoms with van der Waals surface area (Å²) in [4.78, 5) is 25.0. The summed E-state index contributed by atoms with van der Waals surface area (Å²) in [6, 6.07) is 8.49. The van der Waals surface area contributed by atoms with Gasteiger partial charge >= 0.3 is 0 Å². The number of aromatic amines is 1. The summed E-state index contributed by atoms with van der Waals surface area (Å²) >= 11 is 0. The Balaban J connectivity index is 1.45. The quantitative estimate of drug-likeness (QED) is 0.784. The van der Waals surface area contributed by atoms with Crippen molar-refractivity contribution in [2.75, 3.05) is 24.5 Å². The second kappa shape index (κ2) is 6.09. The number of carbonyl (C=O) groups is 1. The molecular formula is C19H20N6O. The van der Waals surface area contributed by atoms with Gasteiger partial charge in [-0.3, -0.25) is 9.89 Å². The lowest BCUT2D eigenvalue weighted by Crippen LogP contribution is -2.27. The van der Waals surface area contributed by atoms with Crippen LogP contribution >= 0.6 is 0 Å². The molecule has 3 aromatic rings. The largest absolute Gasteiger partial charge is 0.343 e. The van der Waals surface area contributed by atoms with Gasteiger partial charge < -0.3 is 9.80 Å². The highest BCUT2D eigenvalue weighted by molar-refractivity contribution is 5.90. The van der Waals surface area contributed by atoms with Crippen LogP contribution < -0.4 is 4.90 Å². The maximum absolute atomic E-state index is 11.9. The molecule has 0 aliphatic carbocycles. The molecule has 7 nitrogen and oxygen atoms in total. The Morgan fingerprint density at radius 1 is 1.23 bits per heavy atom. The Bertz CT molecular complexity index is 967. The number of aromatic nitrogens is 4. The molecule has 1 N–H and O–H groups in total. The fourth-order valence-corrected chi connectivity index (χ4v) is 4.16. The minimum absolute atomic E-state index is 0.295. The van der Waals surface area contributed by atoms with Gasteiger partial charge in [0.1, 0.15) is 12.1 Å². The first-order valence-corrected chi connectivity index (χ1v) is 9.09. The third kappa shape index (κ3) is 2.42. The van der Waals surface area contributed by atoms with Crippen LogP contribution in [0.3, 0.4) is 0 Å². The first-order valence-electron chi connectivity index (χ1n) is 9.09. The fraction of sp³-hybridized carbons (Fsp3) is 0.368. The van der Waals surface area contributed by atoms with Crippen LogP contribution in [-0.4, -0.2) is 50.6 Å². The molecule has 2 aliphatic heterocycles. The molecule has 2 aliphatic rings. The van der Waals surface area contributed by atoms with E-state index in [4.69, 9.17) is 0 Å². The molecule has 1 fully saturated rings. The molecule has 0 saturated carbocycles. The highest BCUT2D eigenvalue weighted by Gasteiger charge is 2.32. The number of anilines is 2. The number of amides is 1. The predicted octanol–water partition coefficient (Wildman–Crippen LogP) is 2.60. The molecule has 5 rings (SSSR count). The first-order chi connectivity index (χ1) is 12.8. The van der Waals surface area contributed by atoms with Gasteiger partial charge in [0.2, 0.25) is 5.91 Å². The topological polar surface area (TPSA) is 78.0 Å². The maximum Gasteiger partial charge on any atom is 0.222 e. The van der Waals surface area contributed by atoms with E-state index in [1.165, 1.54) is 11.3 Å². The van der Waals surface area contributed by atoms with E-state index < -0.39 is 0 Å². The third-order valence-corrected chi connectivity index (χ3v) is 5.47. The number of para-hydroxylation sites is 1. The van der Waals surface area contributed by atoms with Crippen LogP contribution in [-0.2, 0) is 4.79 Å². The van der Waals surface area contributed by atoms with Crippen molar-refractivity contribution in [1.82, 2.24) is 25.1 Å². The molecule has 1 aromatic carbocycles. The minimum Gasteiger partial charge on any atom is -0.343 e. The number of H-pyrrole nitrogens is 1. The second-order valence-electron chi connectivity index (χ2n) is 6.97. The predicted molar refractivity (Wildman–Crippen MR) is 98.3 cm³/mol. The van der Waals surface area contributed by atoms with Gasteiger partial charge in [0.05, 0.1) is 11.6 Å². The summed E-state index contributed by atoms with van der Waals surface area (Å²) in [5.41, 5.74) is 3.26. The van der Waals surface area contributed by atoms with Gasteiger partial charge in [-0.15, -0.1) is 0 Å². The average Bonchev–Trinajstić information content (AvgIpc) is 3.38. The van der Waals surface area contributed by atoms with Gasteiger partial charge in [-0.1, -0.05) is 18.2 Å². The lowest BCUT2D eigenvalue weighted by Gasteiger charge is -2.20. The van der Waals surface area contributed by atoms with E-state index >= 15 is 0 Å². The van der Waals surface area contributed by atoms with Crippen molar-refractivity contribution in [2.45, 2.75) is 25.2 Å². The SMILES string of the molecule is O=C1CCCN1CC[C@@H]1CN(c2ncnc3[nH]ncc23)c2ccccc21. The molecule has 26 heavy (non-hydrogen) atoms. The lowest BCUT2D eigenvalue weighted by atomic mass is 9.98. The molecule has 0 unspecified atom stereocenters. The highest BCUT2D eigenvalue weighted by atomic mass is 16.2. The van der Waals surface area contributed by atoms with Crippen molar-refractivity contribution in [3.05, 3.63) is 42.4 Å². The molecule has 0 bridgehead atoms. The van der Waals surface area contributed by atoms with E-state index in [1.807, 2.05) is 4.90 Å². The average molecular weight is 348 g/mol. The summed E-state index contributed by atoms with van der Waals surface area (Å²) in [6.45, 7) is 2.59. The van der Waals surface area contributed by atoms with Gasteiger partial charge in [-0.2, -0.15) is 5.10 Å². The van der Waals surface area contributed by atoms with E-state index in [0.29, 0.717) is 18.2 Å². The van der Waals surface area contributed by atoms with E-state index in [-0.39, 0.29) is 0 Å². The molecular weight excluding hydrogens is 328 g/mol. The van der Waals surface area contributed by atoms with Crippen molar-refractivity contribution in [3.8, 4) is 0 Å². The minimum atomic E-state index is 0.295. The van der Waals surface area contributed by atoms with Gasteiger partial charge in [-0.05, 0) is 24.5 Å². The van der Waals surface area contributed by atoms with E-state index in [9.17, 15) is 4.79 Å². The number of fused-ring (bicyclic) bond motifs is 2. The van der Waals surface area contributed by atoms with Crippen molar-refractivity contribution in [3.63, 3.8) is 0 Å². The second-order valence-corrected chi connectivity index (χ2v) is 6.97. The van der Waals surface area contributed by atoms with Crippen molar-refractivity contribution in [2.24, 2.45) is 0 Å². The smallest absolute Gasteiger partial charge is 0.222 e. The van der Waals surface area contributed by atoms with Crippen LogP contribution in [0.5, 0.6) is 0 Å². The number of hydrogen-bond donors (Lipinski definition) is 1. The van der Waals surface area contributed by atoms with E-state index in [2.05, 4.69) is 49.3 Å². The Morgan fingerprint density at radius 2 is 2.15 bits per heavy atom. The molecule has 1 saturated heterocycles. The third-order valence-electron chi connectivity index (χ3n) is 5.47. The Morgan fingerprint density at radius 3 is 3.04 bits per heavy atom. The van der Waals surface area contributed by atoms with Gasteiger partial charge in [0.25, 0.3) is 0 Å². The van der Waals surface area contributed by atoms with Crippen LogP contribution in [0, 0.1) is 0 Å². The maximum atomic E-state index is 11.9. The molecule has 1 amide bonds. The van der Waals surface area contributed by atoms with Crippen LogP contribution in [0.4, 0.5) is 11.5 Å². The summed E-state index contributed by atoms with van der Waals surface area (Å²) in [6.07, 6.45) is 6.02. The zero-order valence-corrected chi connectivity index (χ0v) is 14.4. The van der Waals surface area contributed by atoms with E-state index in [0.717, 1.165) is 49.3 Å². The summed E-state index contributed by atoms with van der Waals surface area (Å²) in [5, 5.41) is 7.95. The number of likely N-dealkylation sites (tertiary alicyclic amines) is 1. The molecule has 0 radical (unpaired) electrons. The number of nitrogens with zero attached hydrogens (tertiary/aromatic N) is 5. The number of benzene rings is 1. The lowest BCUT2D eigenvalue weighted by molar-refractivity contribution is -0.127. The normalized spacial score (nSPS) is 19.5. The summed E-state index contributed by atoms with van der Waals surface area (Å²) < 4.78 is 0. The van der Waals surface area contributed by atoms with Crippen LogP contribution in [0.15, 0.2) is 36.8 Å². The number of carbonyl (C=O) groups excluding carboxylic acids is 1. The zero-order valence-electron chi connectivity index (χ0n) is 14.4. The molecule has 2 aromatic heterocycles. The number of hydrogen-bond acceptors (Lipinski definition) is 5. The van der Waals surface area contributed by atoms with Crippen molar-refractivity contribution >= 4 is 28.4 Å². The van der Waals surface area contributed by atoms with E-state index in [1.54, 1.807) is 12.5 Å². The fourth-order valence-electron chi connectivity index (χ4n) is 4.16. The van der Waals surface area contributed by atoms with Crippen molar-refractivity contribution in [1.29, 1.82) is 0 Å². The Kier molecular flexibility index (Phi) is 3.58. The monoisotopic (exact) mass is 348 g/mol. The van der Waals surface area contributed by atoms with Gasteiger partial charge in [0.15, 0.2) is 5.65 Å². The van der Waals surface area contributed by atoms with Gasteiger partial charge in [0, 0.05) is 37.7 Å².